The molecule has 0 aliphatic rings. The van der Waals surface area contributed by atoms with Gasteiger partial charge in [0.1, 0.15) is 4.21 Å². The van der Waals surface area contributed by atoms with Crippen molar-refractivity contribution in [3.8, 4) is 0 Å². The van der Waals surface area contributed by atoms with Crippen LogP contribution >= 0.6 is 22.9 Å². The number of hydrogen-bond acceptors (Lipinski definition) is 4. The van der Waals surface area contributed by atoms with E-state index in [-0.39, 0.29) is 16.3 Å². The quantitative estimate of drug-likeness (QED) is 0.822. The van der Waals surface area contributed by atoms with Crippen LogP contribution in [0.15, 0.2) is 44.8 Å². The van der Waals surface area contributed by atoms with Gasteiger partial charge in [-0.2, -0.15) is 0 Å². The third kappa shape index (κ3) is 3.92. The Bertz CT molecular complexity index is 723. The monoisotopic (exact) mass is 332 g/mol. The van der Waals surface area contributed by atoms with Gasteiger partial charge in [0.15, 0.2) is 0 Å². The lowest BCUT2D eigenvalue weighted by Crippen LogP contribution is -2.26. The summed E-state index contributed by atoms with van der Waals surface area (Å²) in [6.07, 6.45) is 2.04. The fraction of sp³-hybridized carbons (Fsp3) is 0.250. The zero-order valence-electron chi connectivity index (χ0n) is 10.5. The predicted molar refractivity (Wildman–Crippen MR) is 79.8 cm³/mol. The van der Waals surface area contributed by atoms with E-state index in [1.807, 2.05) is 0 Å². The van der Waals surface area contributed by atoms with Crippen molar-refractivity contribution in [2.75, 3.05) is 6.54 Å². The van der Waals surface area contributed by atoms with Crippen LogP contribution < -0.4 is 10.3 Å². The van der Waals surface area contributed by atoms with E-state index in [2.05, 4.69) is 4.72 Å². The fourth-order valence-electron chi connectivity index (χ4n) is 1.62. The van der Waals surface area contributed by atoms with E-state index in [0.717, 1.165) is 0 Å². The number of sulfonamides is 1. The maximum atomic E-state index is 11.8. The van der Waals surface area contributed by atoms with Gasteiger partial charge in [0.05, 0.1) is 5.02 Å². The maximum absolute atomic E-state index is 11.8. The van der Waals surface area contributed by atoms with Crippen LogP contribution in [0.5, 0.6) is 0 Å². The van der Waals surface area contributed by atoms with E-state index < -0.39 is 10.0 Å². The average molecular weight is 333 g/mol. The molecule has 1 N–H and O–H groups in total. The van der Waals surface area contributed by atoms with Gasteiger partial charge in [-0.05, 0) is 23.9 Å². The first-order valence-corrected chi connectivity index (χ1v) is 8.62. The highest BCUT2D eigenvalue weighted by Crippen LogP contribution is 2.15. The molecule has 2 aromatic heterocycles. The van der Waals surface area contributed by atoms with E-state index in [0.29, 0.717) is 18.0 Å². The maximum Gasteiger partial charge on any atom is 0.250 e. The van der Waals surface area contributed by atoms with Crippen molar-refractivity contribution < 1.29 is 8.42 Å². The van der Waals surface area contributed by atoms with Crippen LogP contribution in [0.3, 0.4) is 0 Å². The summed E-state index contributed by atoms with van der Waals surface area (Å²) in [5.41, 5.74) is -0.157. The van der Waals surface area contributed by atoms with E-state index in [9.17, 15) is 13.2 Å². The molecule has 0 bridgehead atoms. The molecule has 0 saturated carbocycles. The Labute approximate surface area is 125 Å². The Morgan fingerprint density at radius 2 is 2.10 bits per heavy atom. The molecule has 108 valence electrons. The van der Waals surface area contributed by atoms with Gasteiger partial charge >= 0.3 is 0 Å². The van der Waals surface area contributed by atoms with Crippen molar-refractivity contribution in [2.24, 2.45) is 0 Å². The molecule has 0 amide bonds. The van der Waals surface area contributed by atoms with Crippen LogP contribution in [0.4, 0.5) is 0 Å². The molecule has 0 fully saturated rings. The van der Waals surface area contributed by atoms with Crippen LogP contribution in [0, 0.1) is 0 Å². The van der Waals surface area contributed by atoms with Crippen molar-refractivity contribution in [3.63, 3.8) is 0 Å². The molecule has 0 saturated heterocycles. The molecule has 0 aliphatic heterocycles. The number of nitrogens with one attached hydrogen (secondary N) is 1. The van der Waals surface area contributed by atoms with Crippen LogP contribution in [0.1, 0.15) is 6.42 Å². The molecule has 0 atom stereocenters. The van der Waals surface area contributed by atoms with Gasteiger partial charge in [-0.15, -0.1) is 11.3 Å². The van der Waals surface area contributed by atoms with Gasteiger partial charge in [0.2, 0.25) is 10.0 Å². The summed E-state index contributed by atoms with van der Waals surface area (Å²) in [4.78, 5) is 11.5. The van der Waals surface area contributed by atoms with Crippen LogP contribution in [-0.4, -0.2) is 19.5 Å². The fourth-order valence-corrected chi connectivity index (χ4v) is 3.91. The third-order valence-corrected chi connectivity index (χ3v) is 5.66. The second-order valence-corrected chi connectivity index (χ2v) is 7.44. The number of aromatic nitrogens is 1. The second-order valence-electron chi connectivity index (χ2n) is 4.06. The van der Waals surface area contributed by atoms with Crippen molar-refractivity contribution in [1.29, 1.82) is 0 Å². The summed E-state index contributed by atoms with van der Waals surface area (Å²) >= 11 is 6.97. The number of halogens is 1. The zero-order chi connectivity index (χ0) is 14.6. The van der Waals surface area contributed by atoms with Gasteiger partial charge in [-0.1, -0.05) is 17.7 Å². The van der Waals surface area contributed by atoms with Crippen LogP contribution in [0.2, 0.25) is 5.02 Å². The molecular weight excluding hydrogens is 320 g/mol. The first kappa shape index (κ1) is 15.2. The SMILES string of the molecule is O=c1ccc(Cl)cn1CCCNS(=O)(=O)c1cccs1. The number of hydrogen-bond donors (Lipinski definition) is 1. The number of aryl methyl sites for hydroxylation is 1. The number of rotatable bonds is 6. The summed E-state index contributed by atoms with van der Waals surface area (Å²) in [5, 5.41) is 2.18. The lowest BCUT2D eigenvalue weighted by atomic mass is 10.4. The molecule has 8 heteroatoms. The number of thiophene rings is 1. The molecule has 20 heavy (non-hydrogen) atoms. The van der Waals surface area contributed by atoms with E-state index in [1.165, 1.54) is 34.2 Å². The Kier molecular flexibility index (Phi) is 4.98. The van der Waals surface area contributed by atoms with E-state index in [4.69, 9.17) is 11.6 Å². The first-order valence-electron chi connectivity index (χ1n) is 5.88. The van der Waals surface area contributed by atoms with Crippen molar-refractivity contribution in [1.82, 2.24) is 9.29 Å². The lowest BCUT2D eigenvalue weighted by molar-refractivity contribution is 0.568. The van der Waals surface area contributed by atoms with Gasteiger partial charge in [0, 0.05) is 25.4 Å². The lowest BCUT2D eigenvalue weighted by Gasteiger charge is -2.07. The molecule has 2 aromatic rings. The minimum atomic E-state index is -3.43. The number of nitrogens with zero attached hydrogens (tertiary/aromatic N) is 1. The minimum absolute atomic E-state index is 0.157. The molecule has 0 spiro atoms. The Balaban J connectivity index is 1.88. The molecule has 2 rings (SSSR count). The smallest absolute Gasteiger partial charge is 0.250 e. The predicted octanol–water partition coefficient (Wildman–Crippen LogP) is 1.93. The van der Waals surface area contributed by atoms with Gasteiger partial charge in [0.25, 0.3) is 5.56 Å². The molecule has 0 radical (unpaired) electrons. The van der Waals surface area contributed by atoms with Gasteiger partial charge < -0.3 is 4.57 Å². The third-order valence-electron chi connectivity index (χ3n) is 2.58. The molecule has 5 nitrogen and oxygen atoms in total. The molecule has 0 aliphatic carbocycles. The minimum Gasteiger partial charge on any atom is -0.314 e. The zero-order valence-corrected chi connectivity index (χ0v) is 12.8. The highest BCUT2D eigenvalue weighted by Gasteiger charge is 2.13. The molecule has 2 heterocycles. The number of pyridine rings is 1. The Morgan fingerprint density at radius 3 is 2.80 bits per heavy atom. The van der Waals surface area contributed by atoms with E-state index in [1.54, 1.807) is 17.5 Å². The van der Waals surface area contributed by atoms with E-state index >= 15 is 0 Å². The molecule has 0 aromatic carbocycles. The molecular formula is C12H13ClN2O3S2. The Morgan fingerprint density at radius 1 is 1.30 bits per heavy atom. The van der Waals surface area contributed by atoms with Crippen molar-refractivity contribution >= 4 is 33.0 Å². The van der Waals surface area contributed by atoms with Crippen LogP contribution in [-0.2, 0) is 16.6 Å². The summed E-state index contributed by atoms with van der Waals surface area (Å²) < 4.78 is 27.9. The highest BCUT2D eigenvalue weighted by molar-refractivity contribution is 7.91. The Hall–Kier alpha value is -1.15. The first-order chi connectivity index (χ1) is 9.49. The standard InChI is InChI=1S/C12H13ClN2O3S2/c13-10-4-5-11(16)15(9-10)7-2-6-14-20(17,18)12-3-1-8-19-12/h1,3-5,8-9,14H,2,6-7H2. The van der Waals surface area contributed by atoms with Crippen molar-refractivity contribution in [2.45, 2.75) is 17.2 Å². The van der Waals surface area contributed by atoms with Gasteiger partial charge in [-0.25, -0.2) is 13.1 Å². The summed E-state index contributed by atoms with van der Waals surface area (Å²) in [6, 6.07) is 6.15. The molecule has 0 unspecified atom stereocenters. The van der Waals surface area contributed by atoms with Crippen molar-refractivity contribution in [3.05, 3.63) is 51.2 Å². The van der Waals surface area contributed by atoms with Gasteiger partial charge in [-0.3, -0.25) is 4.79 Å². The highest BCUT2D eigenvalue weighted by atomic mass is 35.5. The summed E-state index contributed by atoms with van der Waals surface area (Å²) in [5.74, 6) is 0. The summed E-state index contributed by atoms with van der Waals surface area (Å²) in [6.45, 7) is 0.672. The van der Waals surface area contributed by atoms with Crippen LogP contribution in [0.25, 0.3) is 0 Å². The summed E-state index contributed by atoms with van der Waals surface area (Å²) in [7, 11) is -3.43. The second kappa shape index (κ2) is 6.53. The average Bonchev–Trinajstić information content (AvgIpc) is 2.93. The normalized spacial score (nSPS) is 11.7. The topological polar surface area (TPSA) is 68.2 Å². The largest absolute Gasteiger partial charge is 0.314 e.